The van der Waals surface area contributed by atoms with Gasteiger partial charge in [-0.3, -0.25) is 15.2 Å². The number of aromatic hydroxyl groups is 1. The van der Waals surface area contributed by atoms with Gasteiger partial charge in [0.25, 0.3) is 0 Å². The maximum Gasteiger partial charge on any atom is 0.209 e. The largest absolute Gasteiger partial charge is 0.507 e. The SMILES string of the molecule is NC(=NCN=Cc1ccc(Cl)cc1O)NNC=C1C#CC(Cl)=CC1=O. The van der Waals surface area contributed by atoms with E-state index in [9.17, 15) is 9.90 Å². The molecule has 0 saturated carbocycles. The number of halogens is 2. The van der Waals surface area contributed by atoms with Gasteiger partial charge in [-0.1, -0.05) is 29.1 Å². The van der Waals surface area contributed by atoms with E-state index in [2.05, 4.69) is 32.7 Å². The number of carbonyl (C=O) groups excluding carboxylic acids is 1. The van der Waals surface area contributed by atoms with Crippen LogP contribution < -0.4 is 16.6 Å². The fourth-order valence-corrected chi connectivity index (χ4v) is 1.94. The molecule has 7 nitrogen and oxygen atoms in total. The molecule has 0 atom stereocenters. The number of hydrogen-bond acceptors (Lipinski definition) is 5. The Morgan fingerprint density at radius 3 is 2.88 bits per heavy atom. The number of nitrogens with zero attached hydrogens (tertiary/aromatic N) is 2. The predicted molar refractivity (Wildman–Crippen MR) is 98.3 cm³/mol. The summed E-state index contributed by atoms with van der Waals surface area (Å²) < 4.78 is 0. The predicted octanol–water partition coefficient (Wildman–Crippen LogP) is 1.42. The molecule has 1 aliphatic rings. The fourth-order valence-electron chi connectivity index (χ4n) is 1.63. The van der Waals surface area contributed by atoms with Crippen LogP contribution in [-0.4, -0.2) is 29.7 Å². The van der Waals surface area contributed by atoms with Crippen molar-refractivity contribution in [1.82, 2.24) is 10.9 Å². The molecule has 25 heavy (non-hydrogen) atoms. The number of guanidine groups is 1. The van der Waals surface area contributed by atoms with Crippen molar-refractivity contribution in [2.75, 3.05) is 6.67 Å². The molecule has 0 heterocycles. The van der Waals surface area contributed by atoms with E-state index in [4.69, 9.17) is 28.9 Å². The Hall–Kier alpha value is -2.95. The summed E-state index contributed by atoms with van der Waals surface area (Å²) in [6.45, 7) is 0.0379. The second kappa shape index (κ2) is 8.78. The van der Waals surface area contributed by atoms with E-state index in [-0.39, 0.29) is 34.8 Å². The number of hydrazine groups is 1. The lowest BCUT2D eigenvalue weighted by Gasteiger charge is -2.05. The lowest BCUT2D eigenvalue weighted by atomic mass is 10.1. The highest BCUT2D eigenvalue weighted by atomic mass is 35.5. The summed E-state index contributed by atoms with van der Waals surface area (Å²) in [6.07, 6.45) is 4.03. The zero-order valence-corrected chi connectivity index (χ0v) is 14.3. The Balaban J connectivity index is 1.82. The summed E-state index contributed by atoms with van der Waals surface area (Å²) in [4.78, 5) is 19.5. The molecule has 0 fully saturated rings. The number of ketones is 1. The van der Waals surface area contributed by atoms with Gasteiger partial charge in [0.05, 0.1) is 10.6 Å². The summed E-state index contributed by atoms with van der Waals surface area (Å²) in [5.41, 5.74) is 11.5. The highest BCUT2D eigenvalue weighted by Gasteiger charge is 2.08. The number of nitrogens with two attached hydrogens (primary N) is 1. The van der Waals surface area contributed by atoms with E-state index in [0.717, 1.165) is 0 Å². The van der Waals surface area contributed by atoms with Crippen LogP contribution in [0, 0.1) is 11.8 Å². The molecule has 0 aliphatic heterocycles. The van der Waals surface area contributed by atoms with Crippen LogP contribution in [0.4, 0.5) is 0 Å². The van der Waals surface area contributed by atoms with Gasteiger partial charge in [-0.25, -0.2) is 4.99 Å². The molecule has 0 radical (unpaired) electrons. The molecular formula is C16H13Cl2N5O2. The average Bonchev–Trinajstić information content (AvgIpc) is 2.55. The van der Waals surface area contributed by atoms with Crippen molar-refractivity contribution in [3.8, 4) is 17.6 Å². The van der Waals surface area contributed by atoms with Crippen molar-refractivity contribution < 1.29 is 9.90 Å². The van der Waals surface area contributed by atoms with Gasteiger partial charge >= 0.3 is 0 Å². The van der Waals surface area contributed by atoms with Crippen LogP contribution >= 0.6 is 23.2 Å². The zero-order chi connectivity index (χ0) is 18.2. The minimum atomic E-state index is -0.305. The number of benzene rings is 1. The maximum atomic E-state index is 11.6. The van der Waals surface area contributed by atoms with Gasteiger partial charge in [0.2, 0.25) is 5.96 Å². The molecule has 0 spiro atoms. The van der Waals surface area contributed by atoms with Crippen LogP contribution in [0.2, 0.25) is 5.02 Å². The summed E-state index contributed by atoms with van der Waals surface area (Å²) in [5.74, 6) is 4.94. The summed E-state index contributed by atoms with van der Waals surface area (Å²) in [5, 5.41) is 10.3. The number of phenols is 1. The molecule has 0 unspecified atom stereocenters. The molecular weight excluding hydrogens is 365 g/mol. The third-order valence-corrected chi connectivity index (χ3v) is 3.24. The first-order valence-corrected chi connectivity index (χ1v) is 7.65. The molecule has 0 aromatic heterocycles. The Morgan fingerprint density at radius 1 is 1.36 bits per heavy atom. The molecule has 9 heteroatoms. The maximum absolute atomic E-state index is 11.6. The molecule has 5 N–H and O–H groups in total. The summed E-state index contributed by atoms with van der Waals surface area (Å²) in [6, 6.07) is 4.68. The van der Waals surface area contributed by atoms with Crippen molar-refractivity contribution >= 4 is 41.2 Å². The van der Waals surface area contributed by atoms with E-state index in [1.54, 1.807) is 12.1 Å². The van der Waals surface area contributed by atoms with Gasteiger partial charge in [0, 0.05) is 29.1 Å². The first-order valence-electron chi connectivity index (χ1n) is 6.89. The van der Waals surface area contributed by atoms with Crippen LogP contribution in [0.1, 0.15) is 5.56 Å². The number of carbonyl (C=O) groups is 1. The number of rotatable bonds is 5. The summed E-state index contributed by atoms with van der Waals surface area (Å²) >= 11 is 11.4. The lowest BCUT2D eigenvalue weighted by Crippen LogP contribution is -2.40. The topological polar surface area (TPSA) is 112 Å². The zero-order valence-electron chi connectivity index (χ0n) is 12.8. The van der Waals surface area contributed by atoms with Crippen LogP contribution in [0.3, 0.4) is 0 Å². The second-order valence-electron chi connectivity index (χ2n) is 4.63. The Labute approximate surface area is 153 Å². The molecule has 1 aromatic carbocycles. The van der Waals surface area contributed by atoms with Gasteiger partial charge in [0.1, 0.15) is 12.4 Å². The number of hydrogen-bond donors (Lipinski definition) is 4. The van der Waals surface area contributed by atoms with Crippen LogP contribution in [0.15, 0.2) is 51.1 Å². The molecule has 1 aromatic rings. The van der Waals surface area contributed by atoms with Crippen molar-refractivity contribution in [3.05, 3.63) is 51.7 Å². The first-order chi connectivity index (χ1) is 12.0. The minimum absolute atomic E-state index is 0.0204. The van der Waals surface area contributed by atoms with Crippen LogP contribution in [0.5, 0.6) is 5.75 Å². The van der Waals surface area contributed by atoms with E-state index in [0.29, 0.717) is 10.6 Å². The van der Waals surface area contributed by atoms with E-state index >= 15 is 0 Å². The van der Waals surface area contributed by atoms with E-state index in [1.165, 1.54) is 24.6 Å². The highest BCUT2D eigenvalue weighted by Crippen LogP contribution is 2.20. The molecule has 0 amide bonds. The van der Waals surface area contributed by atoms with Gasteiger partial charge in [-0.05, 0) is 24.1 Å². The van der Waals surface area contributed by atoms with Crippen LogP contribution in [0.25, 0.3) is 0 Å². The van der Waals surface area contributed by atoms with E-state index in [1.807, 2.05) is 0 Å². The molecule has 2 rings (SSSR count). The van der Waals surface area contributed by atoms with Crippen molar-refractivity contribution in [1.29, 1.82) is 0 Å². The van der Waals surface area contributed by atoms with Gasteiger partial charge in [-0.2, -0.15) is 0 Å². The third kappa shape index (κ3) is 5.88. The van der Waals surface area contributed by atoms with Gasteiger partial charge in [-0.15, -0.1) is 0 Å². The minimum Gasteiger partial charge on any atom is -0.507 e. The van der Waals surface area contributed by atoms with Crippen LogP contribution in [-0.2, 0) is 4.79 Å². The quantitative estimate of drug-likeness (QED) is 0.204. The normalized spacial score (nSPS) is 15.8. The van der Waals surface area contributed by atoms with Gasteiger partial charge in [0.15, 0.2) is 5.78 Å². The average molecular weight is 378 g/mol. The Kier molecular flexibility index (Phi) is 6.46. The molecule has 0 bridgehead atoms. The smallest absolute Gasteiger partial charge is 0.209 e. The standard InChI is InChI=1S/C16H13Cl2N5O2/c17-12-3-1-10(14(24)5-12)7-20-9-21-16(19)23-22-8-11-2-4-13(18)6-15(11)25/h1,3,5-8,22,24H,9H2,(H3,19,21,23). The van der Waals surface area contributed by atoms with Crippen molar-refractivity contribution in [2.45, 2.75) is 0 Å². The first kappa shape index (κ1) is 18.4. The number of aliphatic imine (C=N–C) groups is 2. The lowest BCUT2D eigenvalue weighted by molar-refractivity contribution is -0.111. The summed E-state index contributed by atoms with van der Waals surface area (Å²) in [7, 11) is 0. The fraction of sp³-hybridized carbons (Fsp3) is 0.0625. The van der Waals surface area contributed by atoms with Crippen molar-refractivity contribution in [3.63, 3.8) is 0 Å². The third-order valence-electron chi connectivity index (χ3n) is 2.80. The number of phenolic OH excluding ortho intramolecular Hbond substituents is 1. The van der Waals surface area contributed by atoms with Crippen molar-refractivity contribution in [2.24, 2.45) is 15.7 Å². The van der Waals surface area contributed by atoms with E-state index < -0.39 is 0 Å². The molecule has 128 valence electrons. The Morgan fingerprint density at radius 2 is 2.16 bits per heavy atom. The molecule has 1 aliphatic carbocycles. The second-order valence-corrected chi connectivity index (χ2v) is 5.48. The Bertz CT molecular complexity index is 863. The number of allylic oxidation sites excluding steroid dienone is 3. The number of nitrogens with one attached hydrogen (secondary N) is 2. The highest BCUT2D eigenvalue weighted by molar-refractivity contribution is 6.35. The monoisotopic (exact) mass is 377 g/mol. The molecule has 0 saturated heterocycles. The van der Waals surface area contributed by atoms with Gasteiger partial charge < -0.3 is 16.3 Å².